The van der Waals surface area contributed by atoms with E-state index in [1.165, 1.54) is 12.0 Å². The number of carbonyl (C=O) groups is 2. The van der Waals surface area contributed by atoms with Gasteiger partial charge in [-0.15, -0.1) is 0 Å². The number of nitrogens with zero attached hydrogens (tertiary/aromatic N) is 3. The average Bonchev–Trinajstić information content (AvgIpc) is 3.16. The minimum atomic E-state index is -1.29. The van der Waals surface area contributed by atoms with E-state index in [0.29, 0.717) is 25.1 Å². The van der Waals surface area contributed by atoms with Gasteiger partial charge in [0.2, 0.25) is 0 Å². The highest BCUT2D eigenvalue weighted by molar-refractivity contribution is 5.97. The van der Waals surface area contributed by atoms with Crippen LogP contribution in [0.15, 0.2) is 12.3 Å². The van der Waals surface area contributed by atoms with E-state index in [0.717, 1.165) is 12.8 Å². The Labute approximate surface area is 136 Å². The van der Waals surface area contributed by atoms with Crippen LogP contribution < -0.4 is 0 Å². The fourth-order valence-corrected chi connectivity index (χ4v) is 3.30. The van der Waals surface area contributed by atoms with Crippen molar-refractivity contribution < 1.29 is 19.4 Å². The maximum absolute atomic E-state index is 12.8. The Kier molecular flexibility index (Phi) is 5.41. The Morgan fingerprint density at radius 3 is 2.70 bits per heavy atom. The zero-order chi connectivity index (χ0) is 17.0. The number of carboxylic acid groups (broad SMARTS) is 1. The van der Waals surface area contributed by atoms with Gasteiger partial charge in [0.05, 0.1) is 12.6 Å². The minimum absolute atomic E-state index is 0.0126. The van der Waals surface area contributed by atoms with Crippen molar-refractivity contribution in [3.63, 3.8) is 0 Å². The predicted molar refractivity (Wildman–Crippen MR) is 84.4 cm³/mol. The molecule has 1 fully saturated rings. The van der Waals surface area contributed by atoms with E-state index in [9.17, 15) is 14.7 Å². The molecule has 23 heavy (non-hydrogen) atoms. The molecular formula is C16H25N3O4. The molecule has 7 nitrogen and oxygen atoms in total. The Morgan fingerprint density at radius 1 is 1.43 bits per heavy atom. The third-order valence-corrected chi connectivity index (χ3v) is 4.66. The van der Waals surface area contributed by atoms with Crippen molar-refractivity contribution in [3.05, 3.63) is 18.0 Å². The van der Waals surface area contributed by atoms with Gasteiger partial charge in [0.1, 0.15) is 5.69 Å². The zero-order valence-electron chi connectivity index (χ0n) is 14.0. The highest BCUT2D eigenvalue weighted by Gasteiger charge is 2.50. The second-order valence-corrected chi connectivity index (χ2v) is 5.98. The predicted octanol–water partition coefficient (Wildman–Crippen LogP) is 1.95. The molecule has 1 aromatic rings. The molecule has 1 saturated heterocycles. The van der Waals surface area contributed by atoms with Crippen molar-refractivity contribution >= 4 is 11.9 Å². The van der Waals surface area contributed by atoms with Gasteiger partial charge in [0, 0.05) is 19.9 Å². The van der Waals surface area contributed by atoms with Gasteiger partial charge in [-0.1, -0.05) is 13.8 Å². The third-order valence-electron chi connectivity index (χ3n) is 4.66. The summed E-state index contributed by atoms with van der Waals surface area (Å²) in [4.78, 5) is 26.0. The van der Waals surface area contributed by atoms with Crippen LogP contribution in [0.5, 0.6) is 0 Å². The molecule has 2 rings (SSSR count). The number of likely N-dealkylation sites (tertiary alicyclic amines) is 1. The summed E-state index contributed by atoms with van der Waals surface area (Å²) in [6, 6.07) is 1.91. The summed E-state index contributed by atoms with van der Waals surface area (Å²) >= 11 is 0. The summed E-state index contributed by atoms with van der Waals surface area (Å²) in [5.74, 6) is -1.36. The molecule has 1 N–H and O–H groups in total. The molecule has 0 aliphatic carbocycles. The molecule has 1 unspecified atom stereocenters. The minimum Gasteiger partial charge on any atom is -0.479 e. The molecule has 0 radical (unpaired) electrons. The average molecular weight is 323 g/mol. The number of amides is 1. The van der Waals surface area contributed by atoms with Gasteiger partial charge in [0.15, 0.2) is 5.54 Å². The summed E-state index contributed by atoms with van der Waals surface area (Å²) in [6.07, 6.45) is 4.69. The van der Waals surface area contributed by atoms with Crippen LogP contribution in [0, 0.1) is 0 Å². The van der Waals surface area contributed by atoms with Gasteiger partial charge in [-0.2, -0.15) is 5.10 Å². The van der Waals surface area contributed by atoms with E-state index in [1.807, 2.05) is 0 Å². The molecule has 128 valence electrons. The maximum atomic E-state index is 12.8. The van der Waals surface area contributed by atoms with Gasteiger partial charge in [0.25, 0.3) is 5.91 Å². The summed E-state index contributed by atoms with van der Waals surface area (Å²) in [5.41, 5.74) is -0.995. The van der Waals surface area contributed by atoms with E-state index >= 15 is 0 Å². The molecule has 7 heteroatoms. The van der Waals surface area contributed by atoms with E-state index in [4.69, 9.17) is 4.74 Å². The first-order chi connectivity index (χ1) is 11.0. The lowest BCUT2D eigenvalue weighted by Gasteiger charge is -2.33. The van der Waals surface area contributed by atoms with Crippen LogP contribution in [-0.4, -0.2) is 57.5 Å². The van der Waals surface area contributed by atoms with Crippen LogP contribution in [0.1, 0.15) is 56.1 Å². The van der Waals surface area contributed by atoms with Gasteiger partial charge in [-0.25, -0.2) is 4.79 Å². The van der Waals surface area contributed by atoms with Gasteiger partial charge in [-0.3, -0.25) is 9.48 Å². The third kappa shape index (κ3) is 3.10. The van der Waals surface area contributed by atoms with Gasteiger partial charge < -0.3 is 14.7 Å². The number of hydrogen-bond donors (Lipinski definition) is 1. The van der Waals surface area contributed by atoms with Crippen molar-refractivity contribution in [2.75, 3.05) is 20.3 Å². The highest BCUT2D eigenvalue weighted by atomic mass is 16.5. The molecule has 0 spiro atoms. The number of hydrogen-bond acceptors (Lipinski definition) is 4. The second kappa shape index (κ2) is 7.12. The fraction of sp³-hybridized carbons (Fsp3) is 0.688. The lowest BCUT2D eigenvalue weighted by atomic mass is 9.97. The number of methoxy groups -OCH3 is 1. The number of rotatable bonds is 7. The molecule has 0 aromatic carbocycles. The van der Waals surface area contributed by atoms with E-state index in [1.54, 1.807) is 16.9 Å². The Hall–Kier alpha value is -1.89. The first kappa shape index (κ1) is 17.5. The molecule has 2 heterocycles. The SMILES string of the molecule is CCC(CC)n1ccc(C(=O)N2CCCC2(COC)C(=O)O)n1. The van der Waals surface area contributed by atoms with Gasteiger partial charge in [-0.05, 0) is 31.7 Å². The molecule has 1 aliphatic rings. The Bertz CT molecular complexity index is 567. The summed E-state index contributed by atoms with van der Waals surface area (Å²) in [5, 5.41) is 14.0. The van der Waals surface area contributed by atoms with Crippen molar-refractivity contribution in [3.8, 4) is 0 Å². The molecule has 1 atom stereocenters. The Balaban J connectivity index is 2.27. The summed E-state index contributed by atoms with van der Waals surface area (Å²) in [7, 11) is 1.45. The van der Waals surface area contributed by atoms with Crippen LogP contribution in [0.2, 0.25) is 0 Å². The molecule has 1 aliphatic heterocycles. The first-order valence-electron chi connectivity index (χ1n) is 8.09. The second-order valence-electron chi connectivity index (χ2n) is 5.98. The standard InChI is InChI=1S/C16H25N3O4/c1-4-12(5-2)19-10-7-13(17-19)14(20)18-9-6-8-16(18,11-23-3)15(21)22/h7,10,12H,4-6,8-9,11H2,1-3H3,(H,21,22). The molecule has 1 aromatic heterocycles. The molecule has 1 amide bonds. The normalized spacial score (nSPS) is 21.1. The number of aromatic nitrogens is 2. The van der Waals surface area contributed by atoms with Crippen LogP contribution in [0.3, 0.4) is 0 Å². The fourth-order valence-electron chi connectivity index (χ4n) is 3.30. The Morgan fingerprint density at radius 2 is 2.13 bits per heavy atom. The van der Waals surface area contributed by atoms with Crippen molar-refractivity contribution in [2.24, 2.45) is 0 Å². The monoisotopic (exact) mass is 323 g/mol. The maximum Gasteiger partial charge on any atom is 0.332 e. The lowest BCUT2D eigenvalue weighted by molar-refractivity contribution is -0.151. The topological polar surface area (TPSA) is 84.7 Å². The highest BCUT2D eigenvalue weighted by Crippen LogP contribution is 2.31. The molecule has 0 bridgehead atoms. The lowest BCUT2D eigenvalue weighted by Crippen LogP contribution is -2.56. The van der Waals surface area contributed by atoms with E-state index in [-0.39, 0.29) is 18.6 Å². The molecule has 0 saturated carbocycles. The number of carbonyl (C=O) groups excluding carboxylic acids is 1. The number of ether oxygens (including phenoxy) is 1. The first-order valence-corrected chi connectivity index (χ1v) is 8.09. The van der Waals surface area contributed by atoms with Crippen LogP contribution in [0.25, 0.3) is 0 Å². The van der Waals surface area contributed by atoms with Crippen LogP contribution in [0.4, 0.5) is 0 Å². The summed E-state index contributed by atoms with van der Waals surface area (Å²) in [6.45, 7) is 4.55. The number of aliphatic carboxylic acids is 1. The van der Waals surface area contributed by atoms with Crippen molar-refractivity contribution in [1.29, 1.82) is 0 Å². The van der Waals surface area contributed by atoms with Crippen molar-refractivity contribution in [1.82, 2.24) is 14.7 Å². The van der Waals surface area contributed by atoms with Crippen LogP contribution >= 0.6 is 0 Å². The van der Waals surface area contributed by atoms with E-state index in [2.05, 4.69) is 18.9 Å². The largest absolute Gasteiger partial charge is 0.479 e. The van der Waals surface area contributed by atoms with Crippen molar-refractivity contribution in [2.45, 2.75) is 51.1 Å². The van der Waals surface area contributed by atoms with E-state index < -0.39 is 11.5 Å². The molecular weight excluding hydrogens is 298 g/mol. The smallest absolute Gasteiger partial charge is 0.332 e. The quantitative estimate of drug-likeness (QED) is 0.829. The van der Waals surface area contributed by atoms with Crippen LogP contribution in [-0.2, 0) is 9.53 Å². The summed E-state index contributed by atoms with van der Waals surface area (Å²) < 4.78 is 6.88. The zero-order valence-corrected chi connectivity index (χ0v) is 14.0. The number of carboxylic acids is 1. The van der Waals surface area contributed by atoms with Gasteiger partial charge >= 0.3 is 5.97 Å².